The van der Waals surface area contributed by atoms with Crippen LogP contribution in [-0.4, -0.2) is 132 Å². The van der Waals surface area contributed by atoms with E-state index in [1.165, 1.54) is 26.8 Å². The van der Waals surface area contributed by atoms with Gasteiger partial charge in [0.25, 0.3) is 0 Å². The second kappa shape index (κ2) is 26.3. The third-order valence-electron chi connectivity index (χ3n) is 10.8. The molecule has 0 bridgehead atoms. The molecule has 12 heteroatoms. The molecule has 7 aromatic carbocycles. The average Bonchev–Trinajstić information content (AvgIpc) is 3.38. The van der Waals surface area contributed by atoms with Crippen LogP contribution in [0.1, 0.15) is 33.4 Å². The maximum atomic E-state index is 5.59. The first-order chi connectivity index (χ1) is 32.4. The summed E-state index contributed by atoms with van der Waals surface area (Å²) in [5.74, 6) is 5.39. The maximum absolute atomic E-state index is 5.59. The molecule has 7 aromatic rings. The van der Waals surface area contributed by atoms with Gasteiger partial charge >= 0.3 is 433 Å². The number of ether oxygens (including phenoxy) is 6. The first-order valence-electron chi connectivity index (χ1n) is 21.2. The molecule has 0 heterocycles. The van der Waals surface area contributed by atoms with E-state index in [1.807, 2.05) is 0 Å². The summed E-state index contributed by atoms with van der Waals surface area (Å²) in [6.07, 6.45) is 0. The van der Waals surface area contributed by atoms with Gasteiger partial charge in [0.2, 0.25) is 0 Å². The summed E-state index contributed by atoms with van der Waals surface area (Å²) in [6.45, 7) is 0. The zero-order valence-electron chi connectivity index (χ0n) is 38.0. The molecule has 0 saturated carbocycles. The number of rotatable bonds is 24. The third-order valence-corrected chi connectivity index (χ3v) is 23.9. The van der Waals surface area contributed by atoms with Gasteiger partial charge in [0.1, 0.15) is 0 Å². The van der Waals surface area contributed by atoms with Gasteiger partial charge < -0.3 is 0 Å². The van der Waals surface area contributed by atoms with Crippen LogP contribution in [0, 0.1) is 0 Å². The van der Waals surface area contributed by atoms with Gasteiger partial charge in [-0.1, -0.05) is 0 Å². The van der Waals surface area contributed by atoms with E-state index in [2.05, 4.69) is 146 Å². The second-order valence-electron chi connectivity index (χ2n) is 14.7. The van der Waals surface area contributed by atoms with Crippen molar-refractivity contribution < 1.29 is 28.4 Å². The standard InChI is InChI=1S/C54H54O6Se6/c1-55-37-7-19-43(20-8-37)61-31-49-50(32-62-44-21-9-38(56-2)10-22-44)52(34-64-46-25-13-40(58-4)14-26-46)54(36-66-48-29-17-42(60-6)18-30-48)53(35-65-47-27-15-41(59-5)16-28-47)51(49)33-63-45-23-11-39(57-3)12-24-45/h7-30H,31-36H2,1-6H3. The van der Waals surface area contributed by atoms with E-state index in [-0.39, 0.29) is 89.7 Å². The molecule has 0 aliphatic carbocycles. The van der Waals surface area contributed by atoms with Crippen LogP contribution in [0.25, 0.3) is 0 Å². The first kappa shape index (κ1) is 50.3. The molecule has 342 valence electrons. The van der Waals surface area contributed by atoms with E-state index in [0.29, 0.717) is 0 Å². The minimum absolute atomic E-state index is 0.210. The Bertz CT molecular complexity index is 2080. The number of methoxy groups -OCH3 is 6. The molecule has 0 unspecified atom stereocenters. The van der Waals surface area contributed by atoms with E-state index >= 15 is 0 Å². The van der Waals surface area contributed by atoms with Crippen molar-refractivity contribution in [1.82, 2.24) is 0 Å². The van der Waals surface area contributed by atoms with Gasteiger partial charge in [0.15, 0.2) is 0 Å². The first-order valence-corrected chi connectivity index (χ1v) is 33.6. The molecule has 0 amide bonds. The SMILES string of the molecule is COc1ccc([Se]Cc2c(C[Se]c3ccc(OC)cc3)c(C[Se]c3ccc(OC)cc3)c(C[Se]c3ccc(OC)cc3)c(C[Se]c3ccc(OC)cc3)c2C[Se]c2ccc(OC)cc2)cc1. The van der Waals surface area contributed by atoms with Crippen LogP contribution in [0.15, 0.2) is 146 Å². The van der Waals surface area contributed by atoms with Crippen LogP contribution < -0.4 is 55.2 Å². The molecular weight excluding hydrogens is 1220 g/mol. The Morgan fingerprint density at radius 2 is 0.333 bits per heavy atom. The zero-order chi connectivity index (χ0) is 46.1. The number of benzene rings is 7. The van der Waals surface area contributed by atoms with E-state index in [0.717, 1.165) is 66.4 Å². The fourth-order valence-electron chi connectivity index (χ4n) is 7.10. The predicted octanol–water partition coefficient (Wildman–Crippen LogP) is 4.92. The topological polar surface area (TPSA) is 55.4 Å². The molecule has 6 nitrogen and oxygen atoms in total. The van der Waals surface area contributed by atoms with Crippen molar-refractivity contribution in [3.63, 3.8) is 0 Å². The minimum atomic E-state index is 0.210. The van der Waals surface area contributed by atoms with Gasteiger partial charge in [0, 0.05) is 0 Å². The molecule has 0 radical (unpaired) electrons. The van der Waals surface area contributed by atoms with Crippen LogP contribution in [0.3, 0.4) is 0 Å². The molecule has 0 N–H and O–H groups in total. The Hall–Kier alpha value is -3.54. The molecule has 66 heavy (non-hydrogen) atoms. The van der Waals surface area contributed by atoms with Gasteiger partial charge in [0.05, 0.1) is 0 Å². The summed E-state index contributed by atoms with van der Waals surface area (Å²) in [4.78, 5) is 0. The molecule has 7 rings (SSSR count). The summed E-state index contributed by atoms with van der Waals surface area (Å²) in [5.41, 5.74) is 9.57. The Labute approximate surface area is 429 Å². The second-order valence-corrected chi connectivity index (χ2v) is 27.9. The summed E-state index contributed by atoms with van der Waals surface area (Å²) in [7, 11) is 10.5. The van der Waals surface area contributed by atoms with Crippen molar-refractivity contribution in [2.24, 2.45) is 0 Å². The molecule has 0 saturated heterocycles. The summed E-state index contributed by atoms with van der Waals surface area (Å²) >= 11 is 1.26. The van der Waals surface area contributed by atoms with Crippen LogP contribution >= 0.6 is 0 Å². The molecular formula is C54H54O6Se6. The summed E-state index contributed by atoms with van der Waals surface area (Å²) in [5, 5.41) is 6.23. The molecule has 0 aliphatic rings. The fraction of sp³-hybridized carbons (Fsp3) is 0.222. The van der Waals surface area contributed by atoms with Crippen molar-refractivity contribution in [3.8, 4) is 34.5 Å². The molecule has 0 spiro atoms. The Morgan fingerprint density at radius 3 is 0.439 bits per heavy atom. The van der Waals surface area contributed by atoms with E-state index in [9.17, 15) is 0 Å². The van der Waals surface area contributed by atoms with Gasteiger partial charge in [-0.3, -0.25) is 0 Å². The van der Waals surface area contributed by atoms with Crippen molar-refractivity contribution >= 4 is 117 Å². The van der Waals surface area contributed by atoms with Crippen molar-refractivity contribution in [3.05, 3.63) is 179 Å². The van der Waals surface area contributed by atoms with Crippen LogP contribution in [0.2, 0.25) is 0 Å². The van der Waals surface area contributed by atoms with Crippen LogP contribution in [-0.2, 0) is 31.9 Å². The monoisotopic (exact) mass is 1280 g/mol. The normalized spacial score (nSPS) is 11.0. The Balaban J connectivity index is 1.43. The molecule has 0 atom stereocenters. The van der Waals surface area contributed by atoms with Gasteiger partial charge in [-0.25, -0.2) is 0 Å². The van der Waals surface area contributed by atoms with E-state index < -0.39 is 0 Å². The van der Waals surface area contributed by atoms with Gasteiger partial charge in [-0.05, 0) is 0 Å². The molecule has 0 fully saturated rings. The summed E-state index contributed by atoms with van der Waals surface area (Å²) < 4.78 is 41.9. The molecule has 0 aliphatic heterocycles. The van der Waals surface area contributed by atoms with E-state index in [1.54, 1.807) is 76.0 Å². The Morgan fingerprint density at radius 1 is 0.212 bits per heavy atom. The van der Waals surface area contributed by atoms with Crippen molar-refractivity contribution in [2.45, 2.75) is 31.9 Å². The third kappa shape index (κ3) is 14.3. The average molecular weight is 1270 g/mol. The van der Waals surface area contributed by atoms with E-state index in [4.69, 9.17) is 28.4 Å². The van der Waals surface area contributed by atoms with Crippen LogP contribution in [0.5, 0.6) is 34.5 Å². The Kier molecular flexibility index (Phi) is 20.0. The summed E-state index contributed by atoms with van der Waals surface area (Å²) in [6, 6.07) is 52.7. The van der Waals surface area contributed by atoms with Gasteiger partial charge in [-0.2, -0.15) is 0 Å². The quantitative estimate of drug-likeness (QED) is 0.0803. The van der Waals surface area contributed by atoms with Gasteiger partial charge in [-0.15, -0.1) is 0 Å². The van der Waals surface area contributed by atoms with Crippen molar-refractivity contribution in [1.29, 1.82) is 0 Å². The molecule has 0 aromatic heterocycles. The van der Waals surface area contributed by atoms with Crippen LogP contribution in [0.4, 0.5) is 0 Å². The van der Waals surface area contributed by atoms with Crippen molar-refractivity contribution in [2.75, 3.05) is 42.7 Å². The zero-order valence-corrected chi connectivity index (χ0v) is 48.3. The fourth-order valence-corrected chi connectivity index (χ4v) is 19.5. The number of hydrogen-bond acceptors (Lipinski definition) is 6. The number of hydrogen-bond donors (Lipinski definition) is 0. The predicted molar refractivity (Wildman–Crippen MR) is 279 cm³/mol.